The van der Waals surface area contributed by atoms with Crippen LogP contribution in [0.4, 0.5) is 0 Å². The van der Waals surface area contributed by atoms with E-state index in [0.717, 1.165) is 25.1 Å². The Balaban J connectivity index is 1.96. The molecule has 0 aliphatic rings. The molecule has 0 unspecified atom stereocenters. The molecule has 0 heterocycles. The average Bonchev–Trinajstić information content (AvgIpc) is 2.46. The fourth-order valence-electron chi connectivity index (χ4n) is 1.77. The zero-order valence-electron chi connectivity index (χ0n) is 11.8. The summed E-state index contributed by atoms with van der Waals surface area (Å²) in [4.78, 5) is 10.5. The van der Waals surface area contributed by atoms with Gasteiger partial charge in [-0.2, -0.15) is 0 Å². The van der Waals surface area contributed by atoms with Crippen LogP contribution in [-0.2, 0) is 4.74 Å². The molecule has 0 atom stereocenters. The van der Waals surface area contributed by atoms with E-state index in [-0.39, 0.29) is 0 Å². The molecule has 0 aromatic heterocycles. The lowest BCUT2D eigenvalue weighted by molar-refractivity contribution is 0.0970. The van der Waals surface area contributed by atoms with Crippen LogP contribution in [0.3, 0.4) is 0 Å². The second-order valence-electron chi connectivity index (χ2n) is 4.56. The van der Waals surface area contributed by atoms with Crippen molar-refractivity contribution in [2.24, 2.45) is 0 Å². The van der Waals surface area contributed by atoms with Crippen molar-refractivity contribution in [3.8, 4) is 5.75 Å². The molecular formula is C16H24O3. The van der Waals surface area contributed by atoms with Gasteiger partial charge in [-0.15, -0.1) is 0 Å². The number of carbonyl (C=O) groups excluding carboxylic acids is 1. The molecule has 0 aliphatic carbocycles. The van der Waals surface area contributed by atoms with Crippen LogP contribution in [0.25, 0.3) is 0 Å². The zero-order valence-corrected chi connectivity index (χ0v) is 11.8. The number of rotatable bonds is 11. The van der Waals surface area contributed by atoms with Gasteiger partial charge in [0.15, 0.2) is 0 Å². The smallest absolute Gasteiger partial charge is 0.150 e. The van der Waals surface area contributed by atoms with Crippen molar-refractivity contribution in [1.82, 2.24) is 0 Å². The molecule has 0 amide bonds. The van der Waals surface area contributed by atoms with Gasteiger partial charge in [0.25, 0.3) is 0 Å². The highest BCUT2D eigenvalue weighted by molar-refractivity contribution is 5.74. The van der Waals surface area contributed by atoms with Crippen LogP contribution in [0.1, 0.15) is 49.4 Å². The Morgan fingerprint density at radius 3 is 2.37 bits per heavy atom. The van der Waals surface area contributed by atoms with Crippen molar-refractivity contribution < 1.29 is 14.3 Å². The number of benzene rings is 1. The third-order valence-corrected chi connectivity index (χ3v) is 2.90. The molecule has 0 bridgehead atoms. The number of hydrogen-bond donors (Lipinski definition) is 0. The van der Waals surface area contributed by atoms with Crippen LogP contribution in [0.15, 0.2) is 24.3 Å². The molecule has 3 nitrogen and oxygen atoms in total. The molecule has 0 spiro atoms. The molecule has 0 N–H and O–H groups in total. The van der Waals surface area contributed by atoms with Crippen LogP contribution in [0.5, 0.6) is 5.75 Å². The lowest BCUT2D eigenvalue weighted by atomic mass is 10.2. The maximum atomic E-state index is 10.5. The Labute approximate surface area is 115 Å². The molecule has 106 valence electrons. The lowest BCUT2D eigenvalue weighted by Crippen LogP contribution is -2.07. The van der Waals surface area contributed by atoms with Gasteiger partial charge in [0.2, 0.25) is 0 Å². The molecule has 3 heteroatoms. The molecule has 1 aromatic rings. The standard InChI is InChI=1S/C16H24O3/c1-2-3-4-5-6-11-18-12-13-19-16-9-7-15(14-17)8-10-16/h7-10,14H,2-6,11-13H2,1H3. The quantitative estimate of drug-likeness (QED) is 0.449. The van der Waals surface area contributed by atoms with Gasteiger partial charge < -0.3 is 9.47 Å². The first-order valence-electron chi connectivity index (χ1n) is 7.12. The predicted octanol–water partition coefficient (Wildman–Crippen LogP) is 3.86. The minimum atomic E-state index is 0.551. The third kappa shape index (κ3) is 7.62. The summed E-state index contributed by atoms with van der Waals surface area (Å²) in [5, 5.41) is 0. The summed E-state index contributed by atoms with van der Waals surface area (Å²) in [6.07, 6.45) is 7.11. The lowest BCUT2D eigenvalue weighted by Gasteiger charge is -2.07. The highest BCUT2D eigenvalue weighted by Gasteiger charge is 1.95. The normalized spacial score (nSPS) is 10.4. The molecule has 0 aliphatic heterocycles. The maximum absolute atomic E-state index is 10.5. The van der Waals surface area contributed by atoms with Crippen molar-refractivity contribution in [2.45, 2.75) is 39.0 Å². The molecule has 1 rings (SSSR count). The Kier molecular flexibility index (Phi) is 8.73. The number of hydrogen-bond acceptors (Lipinski definition) is 3. The van der Waals surface area contributed by atoms with E-state index in [9.17, 15) is 4.79 Å². The van der Waals surface area contributed by atoms with E-state index in [4.69, 9.17) is 9.47 Å². The SMILES string of the molecule is CCCCCCCOCCOc1ccc(C=O)cc1. The van der Waals surface area contributed by atoms with Crippen LogP contribution in [0.2, 0.25) is 0 Å². The van der Waals surface area contributed by atoms with Gasteiger partial charge in [-0.05, 0) is 30.7 Å². The molecule has 19 heavy (non-hydrogen) atoms. The number of aldehydes is 1. The van der Waals surface area contributed by atoms with Gasteiger partial charge in [0.05, 0.1) is 6.61 Å². The average molecular weight is 264 g/mol. The van der Waals surface area contributed by atoms with Crippen LogP contribution in [0, 0.1) is 0 Å². The highest BCUT2D eigenvalue weighted by Crippen LogP contribution is 2.10. The van der Waals surface area contributed by atoms with Crippen LogP contribution in [-0.4, -0.2) is 26.1 Å². The Hall–Kier alpha value is -1.35. The highest BCUT2D eigenvalue weighted by atomic mass is 16.5. The Bertz CT molecular complexity index is 332. The second-order valence-corrected chi connectivity index (χ2v) is 4.56. The first-order valence-corrected chi connectivity index (χ1v) is 7.12. The first-order chi connectivity index (χ1) is 9.36. The third-order valence-electron chi connectivity index (χ3n) is 2.90. The number of unbranched alkanes of at least 4 members (excludes halogenated alkanes) is 4. The van der Waals surface area contributed by atoms with Crippen molar-refractivity contribution in [2.75, 3.05) is 19.8 Å². The molecular weight excluding hydrogens is 240 g/mol. The minimum absolute atomic E-state index is 0.551. The van der Waals surface area contributed by atoms with Crippen molar-refractivity contribution in [3.63, 3.8) is 0 Å². The van der Waals surface area contributed by atoms with Crippen LogP contribution >= 0.6 is 0 Å². The van der Waals surface area contributed by atoms with E-state index in [1.165, 1.54) is 25.7 Å². The predicted molar refractivity (Wildman–Crippen MR) is 76.9 cm³/mol. The van der Waals surface area contributed by atoms with E-state index >= 15 is 0 Å². The fourth-order valence-corrected chi connectivity index (χ4v) is 1.77. The van der Waals surface area contributed by atoms with Gasteiger partial charge in [-0.25, -0.2) is 0 Å². The van der Waals surface area contributed by atoms with Crippen molar-refractivity contribution in [1.29, 1.82) is 0 Å². The van der Waals surface area contributed by atoms with Gasteiger partial charge in [0, 0.05) is 12.2 Å². The monoisotopic (exact) mass is 264 g/mol. The maximum Gasteiger partial charge on any atom is 0.150 e. The zero-order chi connectivity index (χ0) is 13.8. The van der Waals surface area contributed by atoms with E-state index < -0.39 is 0 Å². The summed E-state index contributed by atoms with van der Waals surface area (Å²) in [5.74, 6) is 0.775. The summed E-state index contributed by atoms with van der Waals surface area (Å²) in [5.41, 5.74) is 0.663. The van der Waals surface area contributed by atoms with Gasteiger partial charge >= 0.3 is 0 Å². The van der Waals surface area contributed by atoms with Crippen molar-refractivity contribution >= 4 is 6.29 Å². The molecule has 0 fully saturated rings. The van der Waals surface area contributed by atoms with E-state index in [2.05, 4.69) is 6.92 Å². The molecule has 1 aromatic carbocycles. The molecule has 0 radical (unpaired) electrons. The van der Waals surface area contributed by atoms with Crippen LogP contribution < -0.4 is 4.74 Å². The topological polar surface area (TPSA) is 35.5 Å². The van der Waals surface area contributed by atoms with E-state index in [0.29, 0.717) is 18.8 Å². The minimum Gasteiger partial charge on any atom is -0.491 e. The second kappa shape index (κ2) is 10.6. The largest absolute Gasteiger partial charge is 0.491 e. The molecule has 0 saturated carbocycles. The van der Waals surface area contributed by atoms with E-state index in [1.807, 2.05) is 0 Å². The summed E-state index contributed by atoms with van der Waals surface area (Å²) in [6, 6.07) is 7.09. The summed E-state index contributed by atoms with van der Waals surface area (Å²) < 4.78 is 11.0. The summed E-state index contributed by atoms with van der Waals surface area (Å²) in [6.45, 7) is 4.20. The van der Waals surface area contributed by atoms with Gasteiger partial charge in [-0.1, -0.05) is 32.6 Å². The Morgan fingerprint density at radius 2 is 1.68 bits per heavy atom. The fraction of sp³-hybridized carbons (Fsp3) is 0.562. The number of ether oxygens (including phenoxy) is 2. The van der Waals surface area contributed by atoms with Crippen molar-refractivity contribution in [3.05, 3.63) is 29.8 Å². The molecule has 0 saturated heterocycles. The first kappa shape index (κ1) is 15.7. The van der Waals surface area contributed by atoms with Gasteiger partial charge in [-0.3, -0.25) is 4.79 Å². The Morgan fingerprint density at radius 1 is 0.947 bits per heavy atom. The number of carbonyl (C=O) groups is 1. The summed E-state index contributed by atoms with van der Waals surface area (Å²) in [7, 11) is 0. The van der Waals surface area contributed by atoms with E-state index in [1.54, 1.807) is 24.3 Å². The summed E-state index contributed by atoms with van der Waals surface area (Å²) >= 11 is 0. The van der Waals surface area contributed by atoms with Gasteiger partial charge in [0.1, 0.15) is 18.6 Å².